The fraction of sp³-hybridized carbons (Fsp3) is 0.417. The first-order valence-corrected chi connectivity index (χ1v) is 8.61. The quantitative estimate of drug-likeness (QED) is 0.857. The zero-order valence-electron chi connectivity index (χ0n) is 10.7. The van der Waals surface area contributed by atoms with Crippen LogP contribution in [-0.2, 0) is 13.8 Å². The first kappa shape index (κ1) is 15.6. The molecule has 0 radical (unpaired) electrons. The molecular weight excluding hydrogens is 325 g/mol. The summed E-state index contributed by atoms with van der Waals surface area (Å²) >= 11 is 5.86. The molecule has 1 heterocycles. The first-order chi connectivity index (χ1) is 9.29. The van der Waals surface area contributed by atoms with Crippen molar-refractivity contribution in [3.8, 4) is 0 Å². The lowest BCUT2D eigenvalue weighted by atomic mass is 10.1. The molecule has 0 aliphatic carbocycles. The molecule has 1 aromatic carbocycles. The molecule has 0 aromatic heterocycles. The second-order valence-corrected chi connectivity index (χ2v) is 7.52. The number of benzene rings is 1. The van der Waals surface area contributed by atoms with E-state index in [0.29, 0.717) is 13.2 Å². The summed E-state index contributed by atoms with van der Waals surface area (Å²) in [4.78, 5) is 12.0. The van der Waals surface area contributed by atoms with Crippen LogP contribution in [-0.4, -0.2) is 33.6 Å². The van der Waals surface area contributed by atoms with Gasteiger partial charge in [-0.1, -0.05) is 11.6 Å². The van der Waals surface area contributed by atoms with Crippen molar-refractivity contribution in [2.75, 3.05) is 13.2 Å². The van der Waals surface area contributed by atoms with E-state index in [1.165, 1.54) is 19.1 Å². The summed E-state index contributed by atoms with van der Waals surface area (Å²) in [5.74, 6) is -0.387. The van der Waals surface area contributed by atoms with Crippen LogP contribution >= 0.6 is 22.3 Å². The molecule has 1 atom stereocenters. The number of hydrogen-bond donors (Lipinski definition) is 1. The number of carbonyl (C=O) groups excluding carboxylic acids is 1. The van der Waals surface area contributed by atoms with E-state index in [1.807, 2.05) is 0 Å². The molecular formula is C12H13Cl2NO4S. The summed E-state index contributed by atoms with van der Waals surface area (Å²) in [7, 11) is 1.39. The lowest BCUT2D eigenvalue weighted by Crippen LogP contribution is -2.35. The number of hydrogen-bond acceptors (Lipinski definition) is 4. The summed E-state index contributed by atoms with van der Waals surface area (Å²) in [6, 6.07) is 2.58. The van der Waals surface area contributed by atoms with Crippen LogP contribution in [0.15, 0.2) is 17.0 Å². The van der Waals surface area contributed by atoms with E-state index >= 15 is 0 Å². The van der Waals surface area contributed by atoms with Crippen molar-refractivity contribution >= 4 is 37.2 Å². The first-order valence-electron chi connectivity index (χ1n) is 5.92. The molecule has 1 saturated heterocycles. The van der Waals surface area contributed by atoms with Crippen LogP contribution in [0.5, 0.6) is 0 Å². The monoisotopic (exact) mass is 337 g/mol. The molecule has 0 spiro atoms. The Bertz CT molecular complexity index is 639. The SMILES string of the molecule is Cc1c(C(=O)NC2CCOC2)cc(Cl)cc1S(=O)(=O)Cl. The second-order valence-electron chi connectivity index (χ2n) is 4.55. The summed E-state index contributed by atoms with van der Waals surface area (Å²) in [6.45, 7) is 2.57. The highest BCUT2D eigenvalue weighted by molar-refractivity contribution is 8.13. The van der Waals surface area contributed by atoms with Gasteiger partial charge in [-0.05, 0) is 31.0 Å². The number of rotatable bonds is 3. The van der Waals surface area contributed by atoms with Crippen molar-refractivity contribution in [3.05, 3.63) is 28.3 Å². The average Bonchev–Trinajstić information content (AvgIpc) is 2.83. The van der Waals surface area contributed by atoms with Crippen LogP contribution in [0.25, 0.3) is 0 Å². The highest BCUT2D eigenvalue weighted by Gasteiger charge is 2.23. The van der Waals surface area contributed by atoms with Gasteiger partial charge in [0.15, 0.2) is 0 Å². The van der Waals surface area contributed by atoms with E-state index < -0.39 is 9.05 Å². The molecule has 0 saturated carbocycles. The number of ether oxygens (including phenoxy) is 1. The van der Waals surface area contributed by atoms with Gasteiger partial charge in [0.1, 0.15) is 0 Å². The van der Waals surface area contributed by atoms with E-state index in [2.05, 4.69) is 5.32 Å². The molecule has 1 fully saturated rings. The third-order valence-electron chi connectivity index (χ3n) is 3.10. The molecule has 2 rings (SSSR count). The van der Waals surface area contributed by atoms with Crippen LogP contribution < -0.4 is 5.32 Å². The number of amides is 1. The third-order valence-corrected chi connectivity index (χ3v) is 4.76. The van der Waals surface area contributed by atoms with Crippen LogP contribution in [0.4, 0.5) is 0 Å². The van der Waals surface area contributed by atoms with E-state index in [9.17, 15) is 13.2 Å². The average molecular weight is 338 g/mol. The molecule has 1 aliphatic heterocycles. The van der Waals surface area contributed by atoms with Gasteiger partial charge in [0, 0.05) is 27.9 Å². The van der Waals surface area contributed by atoms with Gasteiger partial charge in [0.2, 0.25) is 0 Å². The van der Waals surface area contributed by atoms with Crippen LogP contribution in [0, 0.1) is 6.92 Å². The van der Waals surface area contributed by atoms with Crippen molar-refractivity contribution in [2.45, 2.75) is 24.3 Å². The molecule has 1 aliphatic rings. The molecule has 20 heavy (non-hydrogen) atoms. The fourth-order valence-corrected chi connectivity index (χ4v) is 3.56. The van der Waals surface area contributed by atoms with Crippen LogP contribution in [0.3, 0.4) is 0 Å². The van der Waals surface area contributed by atoms with Gasteiger partial charge in [0.25, 0.3) is 15.0 Å². The van der Waals surface area contributed by atoms with Gasteiger partial charge in [-0.2, -0.15) is 0 Å². The summed E-state index contributed by atoms with van der Waals surface area (Å²) in [6.07, 6.45) is 0.728. The Morgan fingerprint density at radius 3 is 2.70 bits per heavy atom. The van der Waals surface area contributed by atoms with Gasteiger partial charge in [0.05, 0.1) is 17.5 Å². The van der Waals surface area contributed by atoms with Crippen LogP contribution in [0.2, 0.25) is 5.02 Å². The predicted octanol–water partition coefficient (Wildman–Crippen LogP) is 2.09. The second kappa shape index (κ2) is 5.89. The third kappa shape index (κ3) is 3.44. The van der Waals surface area contributed by atoms with Gasteiger partial charge in [-0.25, -0.2) is 8.42 Å². The predicted molar refractivity (Wildman–Crippen MR) is 75.9 cm³/mol. The maximum Gasteiger partial charge on any atom is 0.261 e. The minimum absolute atomic E-state index is 0.0723. The normalized spacial score (nSPS) is 19.1. The van der Waals surface area contributed by atoms with Gasteiger partial charge >= 0.3 is 0 Å². The minimum Gasteiger partial charge on any atom is -0.379 e. The molecule has 0 bridgehead atoms. The highest BCUT2D eigenvalue weighted by Crippen LogP contribution is 2.27. The van der Waals surface area contributed by atoms with E-state index in [-0.39, 0.29) is 33.0 Å². The molecule has 1 N–H and O–H groups in total. The lowest BCUT2D eigenvalue weighted by Gasteiger charge is -2.14. The Balaban J connectivity index is 2.36. The maximum absolute atomic E-state index is 12.2. The molecule has 1 aromatic rings. The molecule has 5 nitrogen and oxygen atoms in total. The summed E-state index contributed by atoms with van der Waals surface area (Å²) in [5.41, 5.74) is 0.476. The number of halogens is 2. The van der Waals surface area contributed by atoms with E-state index in [1.54, 1.807) is 0 Å². The molecule has 1 amide bonds. The topological polar surface area (TPSA) is 72.5 Å². The standard InChI is InChI=1S/C12H13Cl2NO4S/c1-7-10(12(16)15-9-2-3-19-6-9)4-8(13)5-11(7)20(14,17)18/h4-5,9H,2-3,6H2,1H3,(H,15,16). The zero-order valence-corrected chi connectivity index (χ0v) is 13.0. The molecule has 8 heteroatoms. The van der Waals surface area contributed by atoms with E-state index in [4.69, 9.17) is 27.0 Å². The van der Waals surface area contributed by atoms with Gasteiger partial charge in [-0.3, -0.25) is 4.79 Å². The summed E-state index contributed by atoms with van der Waals surface area (Å²) < 4.78 is 28.1. The zero-order chi connectivity index (χ0) is 14.9. The number of carbonyl (C=O) groups is 1. The largest absolute Gasteiger partial charge is 0.379 e. The highest BCUT2D eigenvalue weighted by atomic mass is 35.7. The van der Waals surface area contributed by atoms with Crippen LogP contribution in [0.1, 0.15) is 22.3 Å². The Labute approximate surface area is 126 Å². The minimum atomic E-state index is -3.96. The van der Waals surface area contributed by atoms with E-state index in [0.717, 1.165) is 6.42 Å². The van der Waals surface area contributed by atoms with Gasteiger partial charge < -0.3 is 10.1 Å². The molecule has 1 unspecified atom stereocenters. The van der Waals surface area contributed by atoms with Crippen molar-refractivity contribution in [1.82, 2.24) is 5.32 Å². The van der Waals surface area contributed by atoms with Crippen molar-refractivity contribution in [3.63, 3.8) is 0 Å². The maximum atomic E-state index is 12.2. The van der Waals surface area contributed by atoms with Crippen molar-refractivity contribution < 1.29 is 17.9 Å². The molecule has 110 valence electrons. The summed E-state index contributed by atoms with van der Waals surface area (Å²) in [5, 5.41) is 2.92. The fourth-order valence-electron chi connectivity index (χ4n) is 2.05. The van der Waals surface area contributed by atoms with Gasteiger partial charge in [-0.15, -0.1) is 0 Å². The Morgan fingerprint density at radius 1 is 1.45 bits per heavy atom. The number of nitrogens with one attached hydrogen (secondary N) is 1. The Kier molecular flexibility index (Phi) is 4.59. The smallest absolute Gasteiger partial charge is 0.261 e. The van der Waals surface area contributed by atoms with Crippen molar-refractivity contribution in [1.29, 1.82) is 0 Å². The van der Waals surface area contributed by atoms with Crippen molar-refractivity contribution in [2.24, 2.45) is 0 Å². The Morgan fingerprint density at radius 2 is 2.15 bits per heavy atom. The Hall–Kier alpha value is -0.820. The lowest BCUT2D eigenvalue weighted by molar-refractivity contribution is 0.0929.